The Bertz CT molecular complexity index is 421. The number of hydrogen-bond acceptors (Lipinski definition) is 2. The molecule has 2 aliphatic heterocycles. The number of benzene rings is 1. The second-order valence-corrected chi connectivity index (χ2v) is 6.57. The largest absolute Gasteiger partial charge is 0.371 e. The first-order chi connectivity index (χ1) is 9.27. The van der Waals surface area contributed by atoms with E-state index < -0.39 is 0 Å². The van der Waals surface area contributed by atoms with E-state index in [0.717, 1.165) is 0 Å². The highest BCUT2D eigenvalue weighted by Gasteiger charge is 2.30. The van der Waals surface area contributed by atoms with Gasteiger partial charge in [0.2, 0.25) is 0 Å². The first-order valence-corrected chi connectivity index (χ1v) is 7.80. The fraction of sp³-hybridized carbons (Fsp3) is 0.647. The smallest absolute Gasteiger partial charge is 0.0398 e. The Morgan fingerprint density at radius 3 is 2.79 bits per heavy atom. The summed E-state index contributed by atoms with van der Waals surface area (Å²) >= 11 is 0. The lowest BCUT2D eigenvalue weighted by Gasteiger charge is -2.39. The van der Waals surface area contributed by atoms with E-state index in [-0.39, 0.29) is 0 Å². The van der Waals surface area contributed by atoms with E-state index >= 15 is 0 Å². The molecule has 2 heterocycles. The molecular formula is C17H26N2. The maximum atomic E-state index is 3.49. The van der Waals surface area contributed by atoms with E-state index in [1.54, 1.807) is 5.56 Å². The molecule has 3 rings (SSSR count). The SMILES string of the molecule is CC1(CN2CCCCc3ccccc32)CCNCC1. The summed E-state index contributed by atoms with van der Waals surface area (Å²) in [5, 5.41) is 3.49. The van der Waals surface area contributed by atoms with Crippen molar-refractivity contribution in [1.29, 1.82) is 0 Å². The van der Waals surface area contributed by atoms with Crippen LogP contribution in [0.1, 0.15) is 38.2 Å². The molecule has 0 atom stereocenters. The summed E-state index contributed by atoms with van der Waals surface area (Å²) in [5.41, 5.74) is 3.54. The third-order valence-corrected chi connectivity index (χ3v) is 4.84. The number of aryl methyl sites for hydroxylation is 1. The highest BCUT2D eigenvalue weighted by atomic mass is 15.1. The molecule has 0 saturated carbocycles. The van der Waals surface area contributed by atoms with Gasteiger partial charge >= 0.3 is 0 Å². The third kappa shape index (κ3) is 2.94. The highest BCUT2D eigenvalue weighted by Crippen LogP contribution is 2.33. The molecule has 0 bridgehead atoms. The van der Waals surface area contributed by atoms with E-state index in [4.69, 9.17) is 0 Å². The van der Waals surface area contributed by atoms with Gasteiger partial charge < -0.3 is 10.2 Å². The van der Waals surface area contributed by atoms with Crippen LogP contribution < -0.4 is 10.2 Å². The van der Waals surface area contributed by atoms with Crippen LogP contribution in [-0.2, 0) is 6.42 Å². The topological polar surface area (TPSA) is 15.3 Å². The van der Waals surface area contributed by atoms with Crippen LogP contribution in [0.5, 0.6) is 0 Å². The van der Waals surface area contributed by atoms with Crippen molar-refractivity contribution in [3.05, 3.63) is 29.8 Å². The van der Waals surface area contributed by atoms with Crippen LogP contribution in [0.25, 0.3) is 0 Å². The summed E-state index contributed by atoms with van der Waals surface area (Å²) in [6, 6.07) is 9.03. The Morgan fingerprint density at radius 1 is 1.16 bits per heavy atom. The van der Waals surface area contributed by atoms with Crippen LogP contribution in [0.15, 0.2) is 24.3 Å². The van der Waals surface area contributed by atoms with Gasteiger partial charge in [0.25, 0.3) is 0 Å². The number of piperidine rings is 1. The molecule has 2 heteroatoms. The number of hydrogen-bond donors (Lipinski definition) is 1. The van der Waals surface area contributed by atoms with Gasteiger partial charge in [-0.25, -0.2) is 0 Å². The van der Waals surface area contributed by atoms with Crippen molar-refractivity contribution in [2.24, 2.45) is 5.41 Å². The zero-order chi connectivity index (χ0) is 13.1. The van der Waals surface area contributed by atoms with Crippen molar-refractivity contribution >= 4 is 5.69 Å². The van der Waals surface area contributed by atoms with Gasteiger partial charge in [0.05, 0.1) is 0 Å². The van der Waals surface area contributed by atoms with Crippen LogP contribution in [0.2, 0.25) is 0 Å². The second kappa shape index (κ2) is 5.54. The molecule has 1 N–H and O–H groups in total. The molecule has 1 aromatic carbocycles. The molecule has 0 radical (unpaired) electrons. The maximum Gasteiger partial charge on any atom is 0.0398 e. The van der Waals surface area contributed by atoms with Gasteiger partial charge in [-0.15, -0.1) is 0 Å². The standard InChI is InChI=1S/C17H26N2/c1-17(9-11-18-12-10-17)14-19-13-5-4-7-15-6-2-3-8-16(15)19/h2-3,6,8,18H,4-5,7,9-14H2,1H3. The minimum atomic E-state index is 0.489. The molecule has 0 aliphatic carbocycles. The van der Waals surface area contributed by atoms with Crippen molar-refractivity contribution in [2.45, 2.75) is 39.0 Å². The second-order valence-electron chi connectivity index (χ2n) is 6.57. The van der Waals surface area contributed by atoms with Crippen LogP contribution in [0.4, 0.5) is 5.69 Å². The molecule has 0 unspecified atom stereocenters. The Morgan fingerprint density at radius 2 is 1.95 bits per heavy atom. The minimum absolute atomic E-state index is 0.489. The average Bonchev–Trinajstić information content (AvgIpc) is 2.62. The molecule has 1 saturated heterocycles. The molecule has 19 heavy (non-hydrogen) atoms. The Hall–Kier alpha value is -1.02. The minimum Gasteiger partial charge on any atom is -0.371 e. The molecule has 2 aliphatic rings. The number of anilines is 1. The van der Waals surface area contributed by atoms with Crippen molar-refractivity contribution in [3.8, 4) is 0 Å². The fourth-order valence-corrected chi connectivity index (χ4v) is 3.58. The predicted octanol–water partition coefficient (Wildman–Crippen LogP) is 3.22. The normalized spacial score (nSPS) is 22.7. The lowest BCUT2D eigenvalue weighted by Crippen LogP contribution is -2.43. The van der Waals surface area contributed by atoms with Gasteiger partial charge in [-0.05, 0) is 62.2 Å². The molecule has 2 nitrogen and oxygen atoms in total. The van der Waals surface area contributed by atoms with E-state index in [0.29, 0.717) is 5.41 Å². The van der Waals surface area contributed by atoms with Crippen molar-refractivity contribution in [2.75, 3.05) is 31.1 Å². The number of rotatable bonds is 2. The summed E-state index contributed by atoms with van der Waals surface area (Å²) in [6.07, 6.45) is 6.55. The monoisotopic (exact) mass is 258 g/mol. The van der Waals surface area contributed by atoms with E-state index in [1.165, 1.54) is 64.0 Å². The number of nitrogens with one attached hydrogen (secondary N) is 1. The molecule has 0 spiro atoms. The summed E-state index contributed by atoms with van der Waals surface area (Å²) in [4.78, 5) is 2.66. The summed E-state index contributed by atoms with van der Waals surface area (Å²) in [6.45, 7) is 7.31. The quantitative estimate of drug-likeness (QED) is 0.876. The van der Waals surface area contributed by atoms with Gasteiger partial charge in [-0.2, -0.15) is 0 Å². The van der Waals surface area contributed by atoms with Crippen LogP contribution in [0, 0.1) is 5.41 Å². The first-order valence-electron chi connectivity index (χ1n) is 7.80. The third-order valence-electron chi connectivity index (χ3n) is 4.84. The summed E-state index contributed by atoms with van der Waals surface area (Å²) in [5.74, 6) is 0. The number of nitrogens with zero attached hydrogens (tertiary/aromatic N) is 1. The first kappa shape index (κ1) is 13.0. The lowest BCUT2D eigenvalue weighted by atomic mass is 9.80. The molecule has 0 aromatic heterocycles. The number of para-hydroxylation sites is 1. The van der Waals surface area contributed by atoms with E-state index in [1.807, 2.05) is 0 Å². The zero-order valence-electron chi connectivity index (χ0n) is 12.1. The molecule has 104 valence electrons. The Balaban J connectivity index is 1.80. The van der Waals surface area contributed by atoms with Gasteiger partial charge in [0.15, 0.2) is 0 Å². The van der Waals surface area contributed by atoms with E-state index in [2.05, 4.69) is 41.4 Å². The molecule has 0 amide bonds. The van der Waals surface area contributed by atoms with Crippen LogP contribution in [0.3, 0.4) is 0 Å². The van der Waals surface area contributed by atoms with Crippen LogP contribution >= 0.6 is 0 Å². The number of fused-ring (bicyclic) bond motifs is 1. The molecular weight excluding hydrogens is 232 g/mol. The average molecular weight is 258 g/mol. The zero-order valence-corrected chi connectivity index (χ0v) is 12.1. The van der Waals surface area contributed by atoms with Crippen molar-refractivity contribution < 1.29 is 0 Å². The molecule has 1 aromatic rings. The predicted molar refractivity (Wildman–Crippen MR) is 81.8 cm³/mol. The van der Waals surface area contributed by atoms with Gasteiger partial charge in [-0.3, -0.25) is 0 Å². The Kier molecular flexibility index (Phi) is 3.79. The van der Waals surface area contributed by atoms with Gasteiger partial charge in [-0.1, -0.05) is 25.1 Å². The Labute approximate surface area is 117 Å². The lowest BCUT2D eigenvalue weighted by molar-refractivity contribution is 0.234. The maximum absolute atomic E-state index is 3.49. The summed E-state index contributed by atoms with van der Waals surface area (Å²) in [7, 11) is 0. The van der Waals surface area contributed by atoms with E-state index in [9.17, 15) is 0 Å². The van der Waals surface area contributed by atoms with Crippen LogP contribution in [-0.4, -0.2) is 26.2 Å². The molecule has 1 fully saturated rings. The summed E-state index contributed by atoms with van der Waals surface area (Å²) < 4.78 is 0. The fourth-order valence-electron chi connectivity index (χ4n) is 3.58. The van der Waals surface area contributed by atoms with Crippen molar-refractivity contribution in [3.63, 3.8) is 0 Å². The highest BCUT2D eigenvalue weighted by molar-refractivity contribution is 5.54. The van der Waals surface area contributed by atoms with Gasteiger partial charge in [0.1, 0.15) is 0 Å². The van der Waals surface area contributed by atoms with Gasteiger partial charge in [0, 0.05) is 18.8 Å². The van der Waals surface area contributed by atoms with Crippen molar-refractivity contribution in [1.82, 2.24) is 5.32 Å².